The van der Waals surface area contributed by atoms with Crippen molar-refractivity contribution in [2.75, 3.05) is 0 Å². The van der Waals surface area contributed by atoms with Gasteiger partial charge in [0, 0.05) is 17.3 Å². The molecule has 0 fully saturated rings. The Morgan fingerprint density at radius 1 is 1.45 bits per heavy atom. The molecule has 0 aromatic rings. The lowest BCUT2D eigenvalue weighted by atomic mass is 10.1. The summed E-state index contributed by atoms with van der Waals surface area (Å²) in [6, 6.07) is 0. The van der Waals surface area contributed by atoms with E-state index in [2.05, 4.69) is 5.32 Å². The van der Waals surface area contributed by atoms with Gasteiger partial charge in [-0.3, -0.25) is 4.79 Å². The lowest BCUT2D eigenvalue weighted by molar-refractivity contribution is -0.117. The first-order valence-electron chi connectivity index (χ1n) is 3.57. The molecule has 0 saturated heterocycles. The number of nitrogens with two attached hydrogens (primary N) is 1. The number of amides is 1. The molecule has 0 rings (SSSR count). The standard InChI is InChI=1S/C8H16N2O/c1-6(9)5-7(11)10-8(2,3)4/h5H,9H2,1-4H3,(H,10,11). The fourth-order valence-corrected chi connectivity index (χ4v) is 0.612. The van der Waals surface area contributed by atoms with Crippen LogP contribution in [-0.2, 0) is 4.79 Å². The Labute approximate surface area is 67.7 Å². The predicted octanol–water partition coefficient (Wildman–Crippen LogP) is 0.764. The van der Waals surface area contributed by atoms with Gasteiger partial charge in [0.25, 0.3) is 0 Å². The summed E-state index contributed by atoms with van der Waals surface area (Å²) < 4.78 is 0. The van der Waals surface area contributed by atoms with E-state index in [1.165, 1.54) is 6.08 Å². The van der Waals surface area contributed by atoms with Crippen LogP contribution >= 0.6 is 0 Å². The van der Waals surface area contributed by atoms with Crippen molar-refractivity contribution in [1.29, 1.82) is 0 Å². The molecule has 0 aliphatic heterocycles. The van der Waals surface area contributed by atoms with Crippen LogP contribution in [-0.4, -0.2) is 11.4 Å². The van der Waals surface area contributed by atoms with Crippen molar-refractivity contribution in [3.63, 3.8) is 0 Å². The molecule has 0 bridgehead atoms. The monoisotopic (exact) mass is 156 g/mol. The van der Waals surface area contributed by atoms with Gasteiger partial charge in [-0.25, -0.2) is 0 Å². The van der Waals surface area contributed by atoms with Gasteiger partial charge in [0.05, 0.1) is 0 Å². The summed E-state index contributed by atoms with van der Waals surface area (Å²) in [5, 5.41) is 2.76. The number of rotatable bonds is 1. The lowest BCUT2D eigenvalue weighted by Gasteiger charge is -2.19. The highest BCUT2D eigenvalue weighted by Crippen LogP contribution is 1.98. The highest BCUT2D eigenvalue weighted by atomic mass is 16.1. The molecule has 0 aromatic heterocycles. The highest BCUT2D eigenvalue weighted by Gasteiger charge is 2.11. The van der Waals surface area contributed by atoms with Crippen molar-refractivity contribution in [2.45, 2.75) is 33.2 Å². The van der Waals surface area contributed by atoms with E-state index in [9.17, 15) is 4.79 Å². The van der Waals surface area contributed by atoms with Crippen molar-refractivity contribution >= 4 is 5.91 Å². The molecule has 11 heavy (non-hydrogen) atoms. The van der Waals surface area contributed by atoms with Gasteiger partial charge in [-0.15, -0.1) is 0 Å². The number of carbonyl (C=O) groups is 1. The molecule has 0 unspecified atom stereocenters. The Balaban J connectivity index is 4.00. The quantitative estimate of drug-likeness (QED) is 0.551. The summed E-state index contributed by atoms with van der Waals surface area (Å²) >= 11 is 0. The molecule has 0 aliphatic carbocycles. The molecule has 0 radical (unpaired) electrons. The van der Waals surface area contributed by atoms with E-state index < -0.39 is 0 Å². The fraction of sp³-hybridized carbons (Fsp3) is 0.625. The summed E-state index contributed by atoms with van der Waals surface area (Å²) in [6.07, 6.45) is 1.38. The van der Waals surface area contributed by atoms with Gasteiger partial charge in [0.2, 0.25) is 5.91 Å². The number of carbonyl (C=O) groups excluding carboxylic acids is 1. The minimum Gasteiger partial charge on any atom is -0.402 e. The third-order valence-corrected chi connectivity index (χ3v) is 0.857. The van der Waals surface area contributed by atoms with Crippen molar-refractivity contribution in [3.8, 4) is 0 Å². The minimum absolute atomic E-state index is 0.141. The van der Waals surface area contributed by atoms with Gasteiger partial charge in [-0.1, -0.05) is 0 Å². The van der Waals surface area contributed by atoms with Gasteiger partial charge in [-0.05, 0) is 27.7 Å². The van der Waals surface area contributed by atoms with Crippen LogP contribution in [0, 0.1) is 0 Å². The van der Waals surface area contributed by atoms with Gasteiger partial charge in [-0.2, -0.15) is 0 Å². The largest absolute Gasteiger partial charge is 0.402 e. The molecular weight excluding hydrogens is 140 g/mol. The third-order valence-electron chi connectivity index (χ3n) is 0.857. The van der Waals surface area contributed by atoms with Crippen molar-refractivity contribution in [1.82, 2.24) is 5.32 Å². The molecular formula is C8H16N2O. The van der Waals surface area contributed by atoms with Crippen LogP contribution in [0.2, 0.25) is 0 Å². The van der Waals surface area contributed by atoms with Crippen LogP contribution in [0.3, 0.4) is 0 Å². The molecule has 64 valence electrons. The van der Waals surface area contributed by atoms with E-state index >= 15 is 0 Å². The minimum atomic E-state index is -0.191. The smallest absolute Gasteiger partial charge is 0.246 e. The van der Waals surface area contributed by atoms with E-state index in [4.69, 9.17) is 5.73 Å². The topological polar surface area (TPSA) is 55.1 Å². The Hall–Kier alpha value is -0.990. The van der Waals surface area contributed by atoms with Gasteiger partial charge >= 0.3 is 0 Å². The maximum absolute atomic E-state index is 11.0. The zero-order chi connectivity index (χ0) is 9.07. The second-order valence-corrected chi connectivity index (χ2v) is 3.63. The fourth-order valence-electron chi connectivity index (χ4n) is 0.612. The van der Waals surface area contributed by atoms with Crippen LogP contribution < -0.4 is 11.1 Å². The van der Waals surface area contributed by atoms with E-state index in [0.29, 0.717) is 5.70 Å². The first kappa shape index (κ1) is 10.0. The van der Waals surface area contributed by atoms with E-state index in [1.54, 1.807) is 6.92 Å². The zero-order valence-corrected chi connectivity index (χ0v) is 7.56. The van der Waals surface area contributed by atoms with Gasteiger partial charge in [0.1, 0.15) is 0 Å². The van der Waals surface area contributed by atoms with Crippen molar-refractivity contribution in [3.05, 3.63) is 11.8 Å². The van der Waals surface area contributed by atoms with Crippen molar-refractivity contribution < 1.29 is 4.79 Å². The molecule has 3 N–H and O–H groups in total. The van der Waals surface area contributed by atoms with Crippen LogP contribution in [0.5, 0.6) is 0 Å². The zero-order valence-electron chi connectivity index (χ0n) is 7.56. The summed E-state index contributed by atoms with van der Waals surface area (Å²) in [5.41, 5.74) is 5.64. The van der Waals surface area contributed by atoms with E-state index in [0.717, 1.165) is 0 Å². The van der Waals surface area contributed by atoms with Crippen LogP contribution in [0.25, 0.3) is 0 Å². The predicted molar refractivity (Wildman–Crippen MR) is 45.8 cm³/mol. The van der Waals surface area contributed by atoms with Gasteiger partial charge in [0.15, 0.2) is 0 Å². The normalized spacial score (nSPS) is 12.9. The van der Waals surface area contributed by atoms with Crippen LogP contribution in [0.1, 0.15) is 27.7 Å². The second-order valence-electron chi connectivity index (χ2n) is 3.63. The SMILES string of the molecule is CC(N)=CC(=O)NC(C)(C)C. The maximum Gasteiger partial charge on any atom is 0.246 e. The van der Waals surface area contributed by atoms with E-state index in [-0.39, 0.29) is 11.4 Å². The summed E-state index contributed by atoms with van der Waals surface area (Å²) in [7, 11) is 0. The first-order valence-corrected chi connectivity index (χ1v) is 3.57. The average Bonchev–Trinajstić information content (AvgIpc) is 1.53. The molecule has 0 atom stereocenters. The average molecular weight is 156 g/mol. The Morgan fingerprint density at radius 3 is 2.18 bits per heavy atom. The molecule has 0 spiro atoms. The summed E-state index contributed by atoms with van der Waals surface area (Å²) in [4.78, 5) is 11.0. The van der Waals surface area contributed by atoms with Crippen LogP contribution in [0.4, 0.5) is 0 Å². The van der Waals surface area contributed by atoms with Gasteiger partial charge < -0.3 is 11.1 Å². The summed E-state index contributed by atoms with van der Waals surface area (Å²) in [5.74, 6) is -0.141. The maximum atomic E-state index is 11.0. The lowest BCUT2D eigenvalue weighted by Crippen LogP contribution is -2.39. The van der Waals surface area contributed by atoms with E-state index in [1.807, 2.05) is 20.8 Å². The summed E-state index contributed by atoms with van der Waals surface area (Å²) in [6.45, 7) is 7.45. The molecule has 3 nitrogen and oxygen atoms in total. The first-order chi connectivity index (χ1) is 4.81. The Morgan fingerprint density at radius 2 is 1.91 bits per heavy atom. The molecule has 0 aromatic carbocycles. The highest BCUT2D eigenvalue weighted by molar-refractivity contribution is 5.88. The number of hydrogen-bond acceptors (Lipinski definition) is 2. The van der Waals surface area contributed by atoms with Crippen molar-refractivity contribution in [2.24, 2.45) is 5.73 Å². The Bertz CT molecular complexity index is 173. The molecule has 0 aliphatic rings. The molecule has 0 heterocycles. The molecule has 3 heteroatoms. The van der Waals surface area contributed by atoms with Crippen LogP contribution in [0.15, 0.2) is 11.8 Å². The molecule has 1 amide bonds. The third kappa shape index (κ3) is 6.90. The molecule has 0 saturated carbocycles. The second kappa shape index (κ2) is 3.42. The number of allylic oxidation sites excluding steroid dienone is 1. The Kier molecular flexibility index (Phi) is 3.11. The number of nitrogens with one attached hydrogen (secondary N) is 1. The number of hydrogen-bond donors (Lipinski definition) is 2.